The predicted molar refractivity (Wildman–Crippen MR) is 54.3 cm³/mol. The number of aromatic nitrogens is 2. The smallest absolute Gasteiger partial charge is 0.254 e. The molecule has 0 aromatic carbocycles. The van der Waals surface area contributed by atoms with Crippen LogP contribution < -0.4 is 5.32 Å². The summed E-state index contributed by atoms with van der Waals surface area (Å²) >= 11 is 0. The highest BCUT2D eigenvalue weighted by atomic mass is 16.3. The normalized spacial score (nSPS) is 24.7. The van der Waals surface area contributed by atoms with Crippen LogP contribution in [0.15, 0.2) is 12.4 Å². The second-order valence-corrected chi connectivity index (χ2v) is 4.10. The largest absolute Gasteiger partial charge is 0.393 e. The van der Waals surface area contributed by atoms with Gasteiger partial charge >= 0.3 is 0 Å². The molecule has 5 heteroatoms. The minimum Gasteiger partial charge on any atom is -0.393 e. The van der Waals surface area contributed by atoms with E-state index >= 15 is 0 Å². The van der Waals surface area contributed by atoms with E-state index in [-0.39, 0.29) is 12.0 Å². The molecule has 2 rings (SSSR count). The first-order valence-corrected chi connectivity index (χ1v) is 5.10. The van der Waals surface area contributed by atoms with E-state index in [2.05, 4.69) is 10.4 Å². The van der Waals surface area contributed by atoms with Crippen molar-refractivity contribution in [1.82, 2.24) is 15.1 Å². The molecule has 1 amide bonds. The zero-order chi connectivity index (χ0) is 10.8. The maximum atomic E-state index is 11.6. The molecule has 1 aromatic rings. The van der Waals surface area contributed by atoms with Gasteiger partial charge in [-0.25, -0.2) is 0 Å². The van der Waals surface area contributed by atoms with Crippen LogP contribution in [-0.2, 0) is 7.05 Å². The average Bonchev–Trinajstić information content (AvgIpc) is 2.57. The molecule has 0 spiro atoms. The lowest BCUT2D eigenvalue weighted by molar-refractivity contribution is 0.0420. The lowest BCUT2D eigenvalue weighted by atomic mass is 9.82. The number of aliphatic hydroxyl groups is 1. The number of carbonyl (C=O) groups excluding carboxylic acids is 1. The molecule has 82 valence electrons. The maximum absolute atomic E-state index is 11.6. The van der Waals surface area contributed by atoms with Crippen LogP contribution >= 0.6 is 0 Å². The van der Waals surface area contributed by atoms with Crippen molar-refractivity contribution < 1.29 is 9.90 Å². The number of hydrogen-bond donors (Lipinski definition) is 2. The Morgan fingerprint density at radius 1 is 1.73 bits per heavy atom. The Hall–Kier alpha value is -1.36. The average molecular weight is 209 g/mol. The van der Waals surface area contributed by atoms with E-state index in [9.17, 15) is 4.79 Å². The third kappa shape index (κ3) is 2.36. The molecule has 1 aliphatic rings. The molecule has 0 aliphatic heterocycles. The topological polar surface area (TPSA) is 67.2 Å². The summed E-state index contributed by atoms with van der Waals surface area (Å²) in [5.41, 5.74) is 0.581. The van der Waals surface area contributed by atoms with Gasteiger partial charge in [-0.2, -0.15) is 5.10 Å². The minimum atomic E-state index is -0.162. The van der Waals surface area contributed by atoms with Crippen molar-refractivity contribution >= 4 is 5.91 Å². The van der Waals surface area contributed by atoms with Gasteiger partial charge in [-0.1, -0.05) is 0 Å². The molecule has 0 radical (unpaired) electrons. The van der Waals surface area contributed by atoms with Gasteiger partial charge in [0, 0.05) is 19.8 Å². The molecule has 0 bridgehead atoms. The Morgan fingerprint density at radius 2 is 2.47 bits per heavy atom. The zero-order valence-electron chi connectivity index (χ0n) is 8.68. The van der Waals surface area contributed by atoms with Crippen LogP contribution in [-0.4, -0.2) is 33.4 Å². The molecule has 1 aromatic heterocycles. The van der Waals surface area contributed by atoms with E-state index in [1.807, 2.05) is 0 Å². The number of amides is 1. The Bertz CT molecular complexity index is 355. The third-order valence-electron chi connectivity index (χ3n) is 2.73. The van der Waals surface area contributed by atoms with Gasteiger partial charge in [0.25, 0.3) is 5.91 Å². The number of aliphatic hydroxyl groups excluding tert-OH is 1. The molecule has 1 fully saturated rings. The van der Waals surface area contributed by atoms with Gasteiger partial charge in [-0.15, -0.1) is 0 Å². The fraction of sp³-hybridized carbons (Fsp3) is 0.600. The van der Waals surface area contributed by atoms with Crippen LogP contribution in [0.4, 0.5) is 0 Å². The highest BCUT2D eigenvalue weighted by Crippen LogP contribution is 2.26. The van der Waals surface area contributed by atoms with Crippen molar-refractivity contribution in [2.75, 3.05) is 6.54 Å². The van der Waals surface area contributed by atoms with Crippen molar-refractivity contribution in [2.45, 2.75) is 18.9 Å². The molecule has 0 saturated heterocycles. The summed E-state index contributed by atoms with van der Waals surface area (Å²) in [5.74, 6) is 0.338. The maximum Gasteiger partial charge on any atom is 0.254 e. The van der Waals surface area contributed by atoms with Gasteiger partial charge in [0.2, 0.25) is 0 Å². The first kappa shape index (κ1) is 10.2. The summed E-state index contributed by atoms with van der Waals surface area (Å²) in [6, 6.07) is 0. The van der Waals surface area contributed by atoms with Crippen LogP contribution in [0.1, 0.15) is 23.2 Å². The van der Waals surface area contributed by atoms with E-state index in [0.29, 0.717) is 18.0 Å². The van der Waals surface area contributed by atoms with Gasteiger partial charge in [0.05, 0.1) is 17.9 Å². The van der Waals surface area contributed by atoms with Crippen LogP contribution in [0, 0.1) is 5.92 Å². The molecule has 1 saturated carbocycles. The van der Waals surface area contributed by atoms with E-state index in [4.69, 9.17) is 5.11 Å². The Balaban J connectivity index is 1.78. The lowest BCUT2D eigenvalue weighted by Crippen LogP contribution is -2.38. The summed E-state index contributed by atoms with van der Waals surface area (Å²) in [6.45, 7) is 0.644. The van der Waals surface area contributed by atoms with Crippen molar-refractivity contribution in [3.8, 4) is 0 Å². The van der Waals surface area contributed by atoms with Gasteiger partial charge in [-0.3, -0.25) is 9.48 Å². The molecule has 0 atom stereocenters. The van der Waals surface area contributed by atoms with Gasteiger partial charge in [-0.05, 0) is 18.8 Å². The number of aryl methyl sites for hydroxylation is 1. The molecular formula is C10H15N3O2. The fourth-order valence-electron chi connectivity index (χ4n) is 1.74. The molecule has 2 N–H and O–H groups in total. The highest BCUT2D eigenvalue weighted by Gasteiger charge is 2.27. The molecule has 0 unspecified atom stereocenters. The molecular weight excluding hydrogens is 194 g/mol. The second-order valence-electron chi connectivity index (χ2n) is 4.10. The summed E-state index contributed by atoms with van der Waals surface area (Å²) in [6.07, 6.45) is 4.67. The highest BCUT2D eigenvalue weighted by molar-refractivity contribution is 5.93. The van der Waals surface area contributed by atoms with Crippen LogP contribution in [0.3, 0.4) is 0 Å². The van der Waals surface area contributed by atoms with Crippen molar-refractivity contribution in [3.05, 3.63) is 18.0 Å². The van der Waals surface area contributed by atoms with Gasteiger partial charge in [0.15, 0.2) is 0 Å². The number of rotatable bonds is 3. The Labute approximate surface area is 88.1 Å². The van der Waals surface area contributed by atoms with Crippen LogP contribution in [0.25, 0.3) is 0 Å². The fourth-order valence-corrected chi connectivity index (χ4v) is 1.74. The lowest BCUT2D eigenvalue weighted by Gasteiger charge is -2.31. The summed E-state index contributed by atoms with van der Waals surface area (Å²) in [4.78, 5) is 11.6. The van der Waals surface area contributed by atoms with E-state index in [0.717, 1.165) is 12.8 Å². The van der Waals surface area contributed by atoms with Crippen molar-refractivity contribution in [2.24, 2.45) is 13.0 Å². The molecule has 1 aliphatic carbocycles. The number of nitrogens with zero attached hydrogens (tertiary/aromatic N) is 2. The monoisotopic (exact) mass is 209 g/mol. The first-order chi connectivity index (χ1) is 7.15. The molecule has 1 heterocycles. The minimum absolute atomic E-state index is 0.0931. The summed E-state index contributed by atoms with van der Waals surface area (Å²) in [5, 5.41) is 15.8. The van der Waals surface area contributed by atoms with Crippen molar-refractivity contribution in [1.29, 1.82) is 0 Å². The predicted octanol–water partition coefficient (Wildman–Crippen LogP) is -0.0792. The SMILES string of the molecule is Cn1cc(C(=O)NCC2CC(O)C2)cn1. The summed E-state index contributed by atoms with van der Waals surface area (Å²) < 4.78 is 1.60. The van der Waals surface area contributed by atoms with Crippen LogP contribution in [0.2, 0.25) is 0 Å². The van der Waals surface area contributed by atoms with E-state index in [1.165, 1.54) is 0 Å². The Kier molecular flexibility index (Phi) is 2.73. The summed E-state index contributed by atoms with van der Waals surface area (Å²) in [7, 11) is 1.78. The van der Waals surface area contributed by atoms with Crippen molar-refractivity contribution in [3.63, 3.8) is 0 Å². The van der Waals surface area contributed by atoms with Gasteiger partial charge in [0.1, 0.15) is 0 Å². The number of carbonyl (C=O) groups is 1. The first-order valence-electron chi connectivity index (χ1n) is 5.10. The third-order valence-corrected chi connectivity index (χ3v) is 2.73. The molecule has 5 nitrogen and oxygen atoms in total. The standard InChI is InChI=1S/C10H15N3O2/c1-13-6-8(5-12-13)10(15)11-4-7-2-9(14)3-7/h5-7,9,14H,2-4H2,1H3,(H,11,15). The van der Waals surface area contributed by atoms with Gasteiger partial charge < -0.3 is 10.4 Å². The molecule has 15 heavy (non-hydrogen) atoms. The number of nitrogens with one attached hydrogen (secondary N) is 1. The Morgan fingerprint density at radius 3 is 3.00 bits per heavy atom. The number of hydrogen-bond acceptors (Lipinski definition) is 3. The second kappa shape index (κ2) is 4.02. The van der Waals surface area contributed by atoms with Crippen LogP contribution in [0.5, 0.6) is 0 Å². The quantitative estimate of drug-likeness (QED) is 0.731. The zero-order valence-corrected chi connectivity index (χ0v) is 8.68. The van der Waals surface area contributed by atoms with E-state index in [1.54, 1.807) is 24.1 Å². The van der Waals surface area contributed by atoms with E-state index < -0.39 is 0 Å².